The van der Waals surface area contributed by atoms with Crippen LogP contribution in [0.4, 0.5) is 17.6 Å². The highest BCUT2D eigenvalue weighted by Crippen LogP contribution is 2.33. The Labute approximate surface area is 338 Å². The molecular weight excluding hydrogens is 855 g/mol. The molecule has 0 aliphatic heterocycles. The molecule has 4 aromatic heterocycles. The number of halogens is 7. The quantitative estimate of drug-likeness (QED) is 0.173. The van der Waals surface area contributed by atoms with Crippen molar-refractivity contribution in [2.45, 2.75) is 0 Å². The van der Waals surface area contributed by atoms with Crippen molar-refractivity contribution in [3.63, 3.8) is 0 Å². The van der Waals surface area contributed by atoms with Crippen LogP contribution in [-0.2, 0) is 14.1 Å². The van der Waals surface area contributed by atoms with Crippen LogP contribution in [0, 0.1) is 23.3 Å². The third-order valence-electron chi connectivity index (χ3n) is 8.25. The van der Waals surface area contributed by atoms with Gasteiger partial charge in [-0.2, -0.15) is 10.2 Å². The van der Waals surface area contributed by atoms with E-state index < -0.39 is 34.6 Å². The van der Waals surface area contributed by atoms with Gasteiger partial charge in [0.15, 0.2) is 28.9 Å². The van der Waals surface area contributed by atoms with Gasteiger partial charge in [0.1, 0.15) is 23.0 Å². The molecule has 4 aromatic carbocycles. The molecule has 4 heterocycles. The number of phenols is 1. The summed E-state index contributed by atoms with van der Waals surface area (Å²) in [7, 11) is 3.25. The number of hydrogen-bond acceptors (Lipinski definition) is 8. The number of hydrogen-bond donors (Lipinski definition) is 1. The van der Waals surface area contributed by atoms with E-state index in [4.69, 9.17) is 33.0 Å². The van der Waals surface area contributed by atoms with Crippen LogP contribution in [0.15, 0.2) is 124 Å². The van der Waals surface area contributed by atoms with E-state index in [1.807, 2.05) is 18.2 Å². The topological polar surface area (TPSA) is 125 Å². The molecule has 10 nitrogen and oxygen atoms in total. The first-order chi connectivity index (χ1) is 27.2. The maximum atomic E-state index is 13.9. The SMILES string of the molecule is Cn1c(=O)c(Br)cc2cnnc(-c3ccccc3Cl)c21.Cn1c(=O)c(Oc2ccc(F)cc2F)cc2cnnc(-c3ccccc3Cl)c21.Oc1ccc(F)cc1F. The van der Waals surface area contributed by atoms with Crippen molar-refractivity contribution in [2.75, 3.05) is 0 Å². The summed E-state index contributed by atoms with van der Waals surface area (Å²) in [6, 6.07) is 23.0. The molecule has 8 rings (SSSR count). The number of aryl methyl sites for hydroxylation is 2. The van der Waals surface area contributed by atoms with E-state index in [0.717, 1.165) is 35.2 Å². The van der Waals surface area contributed by atoms with Gasteiger partial charge < -0.3 is 19.0 Å². The third-order valence-corrected chi connectivity index (χ3v) is 9.48. The predicted molar refractivity (Wildman–Crippen MR) is 213 cm³/mol. The number of ether oxygens (including phenoxy) is 1. The van der Waals surface area contributed by atoms with Gasteiger partial charge in [-0.05, 0) is 64.5 Å². The van der Waals surface area contributed by atoms with Gasteiger partial charge >= 0.3 is 0 Å². The Kier molecular flexibility index (Phi) is 12.3. The van der Waals surface area contributed by atoms with Crippen molar-refractivity contribution in [1.82, 2.24) is 29.5 Å². The molecule has 0 unspecified atom stereocenters. The summed E-state index contributed by atoms with van der Waals surface area (Å²) in [5, 5.41) is 27.2. The molecule has 0 radical (unpaired) electrons. The summed E-state index contributed by atoms with van der Waals surface area (Å²) in [5.74, 6) is -4.19. The van der Waals surface area contributed by atoms with E-state index in [1.165, 1.54) is 16.8 Å². The molecule has 57 heavy (non-hydrogen) atoms. The van der Waals surface area contributed by atoms with Gasteiger partial charge in [0, 0.05) is 48.1 Å². The van der Waals surface area contributed by atoms with Crippen LogP contribution in [0.3, 0.4) is 0 Å². The molecule has 8 aromatic rings. The summed E-state index contributed by atoms with van der Waals surface area (Å²) in [6.45, 7) is 0. The Hall–Kier alpha value is -6.16. The zero-order valence-corrected chi connectivity index (χ0v) is 32.5. The minimum Gasteiger partial charge on any atom is -0.505 e. The largest absolute Gasteiger partial charge is 0.505 e. The smallest absolute Gasteiger partial charge is 0.293 e. The molecular formula is C40H25BrCl2F4N6O4. The number of fused-ring (bicyclic) bond motifs is 2. The van der Waals surface area contributed by atoms with Gasteiger partial charge in [0.25, 0.3) is 11.1 Å². The Balaban J connectivity index is 0.000000164. The second-order valence-electron chi connectivity index (χ2n) is 12.0. The lowest BCUT2D eigenvalue weighted by molar-refractivity contribution is 0.428. The standard InChI is InChI=1S/C20H12ClF2N3O2.C14H9BrClN3O.C6H4F2O/c1-26-19-11(10-24-25-18(19)13-4-2-3-5-14(13)21)8-17(20(26)27)28-16-7-6-12(22)9-15(16)23;1-19-13-8(6-10(15)14(19)20)7-17-18-12(13)9-4-2-3-5-11(9)16;7-4-1-2-6(9)5(8)3-4/h2-10H,1H3;2-7H,1H3;1-3,9H. The van der Waals surface area contributed by atoms with Gasteiger partial charge in [-0.1, -0.05) is 59.6 Å². The third kappa shape index (κ3) is 8.80. The normalized spacial score (nSPS) is 10.8. The minimum atomic E-state index is -0.935. The van der Waals surface area contributed by atoms with Crippen LogP contribution < -0.4 is 15.9 Å². The Morgan fingerprint density at radius 1 is 0.632 bits per heavy atom. The number of pyridine rings is 2. The fourth-order valence-electron chi connectivity index (χ4n) is 5.53. The summed E-state index contributed by atoms with van der Waals surface area (Å²) < 4.78 is 59.9. The lowest BCUT2D eigenvalue weighted by Crippen LogP contribution is -2.19. The lowest BCUT2D eigenvalue weighted by atomic mass is 10.1. The molecule has 288 valence electrons. The zero-order valence-electron chi connectivity index (χ0n) is 29.4. The van der Waals surface area contributed by atoms with Crippen LogP contribution in [0.25, 0.3) is 44.3 Å². The van der Waals surface area contributed by atoms with E-state index in [-0.39, 0.29) is 17.1 Å². The molecule has 0 spiro atoms. The van der Waals surface area contributed by atoms with E-state index in [1.54, 1.807) is 61.3 Å². The van der Waals surface area contributed by atoms with Crippen molar-refractivity contribution < 1.29 is 27.4 Å². The predicted octanol–water partition coefficient (Wildman–Crippen LogP) is 9.80. The first kappa shape index (κ1) is 40.5. The summed E-state index contributed by atoms with van der Waals surface area (Å²) in [4.78, 5) is 24.9. The zero-order chi connectivity index (χ0) is 41.0. The van der Waals surface area contributed by atoms with Crippen LogP contribution >= 0.6 is 39.1 Å². The number of rotatable bonds is 4. The van der Waals surface area contributed by atoms with Crippen LogP contribution in [0.1, 0.15) is 0 Å². The van der Waals surface area contributed by atoms with Crippen LogP contribution in [0.5, 0.6) is 17.2 Å². The fraction of sp³-hybridized carbons (Fsp3) is 0.0500. The average Bonchev–Trinajstić information content (AvgIpc) is 3.19. The van der Waals surface area contributed by atoms with Crippen molar-refractivity contribution in [1.29, 1.82) is 0 Å². The monoisotopic (exact) mass is 878 g/mol. The molecule has 17 heteroatoms. The lowest BCUT2D eigenvalue weighted by Gasteiger charge is -2.13. The Bertz CT molecular complexity index is 2930. The van der Waals surface area contributed by atoms with Crippen molar-refractivity contribution >= 4 is 60.9 Å². The molecule has 1 N–H and O–H groups in total. The number of aromatic hydroxyl groups is 1. The van der Waals surface area contributed by atoms with Crippen LogP contribution in [0.2, 0.25) is 10.0 Å². The molecule has 0 fully saturated rings. The minimum absolute atomic E-state index is 0.126. The van der Waals surface area contributed by atoms with Crippen molar-refractivity contribution in [2.24, 2.45) is 14.1 Å². The van der Waals surface area contributed by atoms with E-state index in [9.17, 15) is 27.2 Å². The van der Waals surface area contributed by atoms with Gasteiger partial charge in [-0.15, -0.1) is 10.2 Å². The molecule has 0 saturated heterocycles. The van der Waals surface area contributed by atoms with E-state index in [2.05, 4.69) is 36.3 Å². The molecule has 0 atom stereocenters. The second kappa shape index (κ2) is 17.3. The summed E-state index contributed by atoms with van der Waals surface area (Å²) >= 11 is 15.7. The molecule has 0 amide bonds. The number of aromatic nitrogens is 6. The van der Waals surface area contributed by atoms with E-state index in [0.29, 0.717) is 60.0 Å². The fourth-order valence-corrected chi connectivity index (χ4v) is 6.50. The Morgan fingerprint density at radius 3 is 1.63 bits per heavy atom. The summed E-state index contributed by atoms with van der Waals surface area (Å²) in [5.41, 5.74) is 2.97. The highest BCUT2D eigenvalue weighted by Gasteiger charge is 2.18. The first-order valence-corrected chi connectivity index (χ1v) is 17.9. The van der Waals surface area contributed by atoms with Gasteiger partial charge in [0.2, 0.25) is 0 Å². The highest BCUT2D eigenvalue weighted by atomic mass is 79.9. The molecule has 0 saturated carbocycles. The van der Waals surface area contributed by atoms with E-state index >= 15 is 0 Å². The van der Waals surface area contributed by atoms with Gasteiger partial charge in [0.05, 0.1) is 37.9 Å². The van der Waals surface area contributed by atoms with Gasteiger partial charge in [-0.25, -0.2) is 17.6 Å². The molecule has 0 aliphatic rings. The maximum Gasteiger partial charge on any atom is 0.293 e. The summed E-state index contributed by atoms with van der Waals surface area (Å²) in [6.07, 6.45) is 3.09. The maximum absolute atomic E-state index is 13.9. The second-order valence-corrected chi connectivity index (χ2v) is 13.6. The average molecular weight is 880 g/mol. The number of benzene rings is 4. The highest BCUT2D eigenvalue weighted by molar-refractivity contribution is 9.10. The van der Waals surface area contributed by atoms with Crippen molar-refractivity contribution in [3.8, 4) is 39.8 Å². The first-order valence-electron chi connectivity index (χ1n) is 16.4. The number of phenolic OH excluding ortho intramolecular Hbond substituents is 1. The van der Waals surface area contributed by atoms with Crippen LogP contribution in [-0.4, -0.2) is 34.6 Å². The van der Waals surface area contributed by atoms with Gasteiger partial charge in [-0.3, -0.25) is 9.59 Å². The molecule has 0 aliphatic carbocycles. The Morgan fingerprint density at radius 2 is 1.12 bits per heavy atom. The molecule has 0 bridgehead atoms. The number of nitrogens with zero attached hydrogens (tertiary/aromatic N) is 6. The van der Waals surface area contributed by atoms with Crippen molar-refractivity contribution in [3.05, 3.63) is 168 Å².